The van der Waals surface area contributed by atoms with Crippen LogP contribution in [0.2, 0.25) is 0 Å². The van der Waals surface area contributed by atoms with E-state index in [2.05, 4.69) is 16.0 Å². The number of thiophene rings is 1. The molecule has 0 bridgehead atoms. The van der Waals surface area contributed by atoms with Crippen molar-refractivity contribution in [1.29, 1.82) is 0 Å². The molecule has 4 fully saturated rings. The van der Waals surface area contributed by atoms with Crippen LogP contribution in [0.15, 0.2) is 17.5 Å². The minimum absolute atomic E-state index is 0.00952. The van der Waals surface area contributed by atoms with Crippen LogP contribution in [-0.2, 0) is 26.0 Å². The first-order chi connectivity index (χ1) is 21.6. The van der Waals surface area contributed by atoms with E-state index >= 15 is 0 Å². The van der Waals surface area contributed by atoms with Gasteiger partial charge in [0.05, 0.1) is 18.5 Å². The Balaban J connectivity index is 1.23. The molecular weight excluding hydrogens is 611 g/mol. The molecule has 1 aromatic rings. The van der Waals surface area contributed by atoms with Gasteiger partial charge in [-0.1, -0.05) is 38.2 Å². The summed E-state index contributed by atoms with van der Waals surface area (Å²) in [7, 11) is -3.00. The van der Waals surface area contributed by atoms with Crippen LogP contribution >= 0.6 is 11.3 Å². The molecule has 10 nitrogen and oxygen atoms in total. The van der Waals surface area contributed by atoms with Crippen molar-refractivity contribution >= 4 is 39.0 Å². The molecule has 3 N–H and O–H groups in total. The fraction of sp³-hybridized carbons (Fsp3) is 0.788. The van der Waals surface area contributed by atoms with Crippen molar-refractivity contribution in [2.24, 2.45) is 11.3 Å². The molecule has 3 atom stereocenters. The summed E-state index contributed by atoms with van der Waals surface area (Å²) in [5.74, 6) is -0.507. The highest BCUT2D eigenvalue weighted by molar-refractivity contribution is 7.90. The summed E-state index contributed by atoms with van der Waals surface area (Å²) < 4.78 is 23.2. The number of nitrogens with one attached hydrogen (secondary N) is 3. The number of amides is 4. The molecule has 0 unspecified atom stereocenters. The third-order valence-corrected chi connectivity index (χ3v) is 12.4. The van der Waals surface area contributed by atoms with Gasteiger partial charge in [0.2, 0.25) is 11.8 Å². The van der Waals surface area contributed by atoms with Crippen molar-refractivity contribution in [3.05, 3.63) is 22.4 Å². The number of likely N-dealkylation sites (tertiary alicyclic amines) is 2. The minimum Gasteiger partial charge on any atom is -0.351 e. The number of hydrogen-bond acceptors (Lipinski definition) is 7. The number of rotatable bonds is 13. The van der Waals surface area contributed by atoms with Crippen molar-refractivity contribution in [3.63, 3.8) is 0 Å². The van der Waals surface area contributed by atoms with Crippen molar-refractivity contribution in [2.45, 2.75) is 115 Å². The van der Waals surface area contributed by atoms with E-state index in [0.29, 0.717) is 43.8 Å². The summed E-state index contributed by atoms with van der Waals surface area (Å²) in [6.07, 6.45) is 14.8. The zero-order chi connectivity index (χ0) is 31.9. The quantitative estimate of drug-likeness (QED) is 0.273. The van der Waals surface area contributed by atoms with Gasteiger partial charge in [-0.05, 0) is 74.6 Å². The molecule has 0 radical (unpaired) electrons. The van der Waals surface area contributed by atoms with Crippen LogP contribution in [0.3, 0.4) is 0 Å². The topological polar surface area (TPSA) is 128 Å². The Morgan fingerprint density at radius 3 is 2.40 bits per heavy atom. The molecule has 4 amide bonds. The van der Waals surface area contributed by atoms with Gasteiger partial charge in [-0.3, -0.25) is 9.59 Å². The van der Waals surface area contributed by atoms with Crippen molar-refractivity contribution in [1.82, 2.24) is 25.8 Å². The zero-order valence-corrected chi connectivity index (χ0v) is 28.6. The summed E-state index contributed by atoms with van der Waals surface area (Å²) >= 11 is 1.59. The van der Waals surface area contributed by atoms with Crippen LogP contribution in [0, 0.1) is 11.3 Å². The predicted octanol–water partition coefficient (Wildman–Crippen LogP) is 4.06. The molecule has 2 saturated heterocycles. The second kappa shape index (κ2) is 15.6. The maximum absolute atomic E-state index is 14.1. The van der Waals surface area contributed by atoms with E-state index < -0.39 is 15.8 Å². The summed E-state index contributed by atoms with van der Waals surface area (Å²) in [6.45, 7) is 2.70. The summed E-state index contributed by atoms with van der Waals surface area (Å²) in [5, 5.41) is 11.9. The van der Waals surface area contributed by atoms with E-state index in [1.54, 1.807) is 11.3 Å². The van der Waals surface area contributed by atoms with Crippen LogP contribution in [0.1, 0.15) is 94.8 Å². The molecule has 4 aliphatic rings. The van der Waals surface area contributed by atoms with Crippen molar-refractivity contribution < 1.29 is 22.8 Å². The molecule has 45 heavy (non-hydrogen) atoms. The maximum Gasteiger partial charge on any atom is 0.317 e. The molecule has 252 valence electrons. The molecule has 2 aliphatic carbocycles. The molecular formula is C33H53N5O5S2. The highest BCUT2D eigenvalue weighted by atomic mass is 32.2. The number of carbonyl (C=O) groups is 3. The first-order valence-electron chi connectivity index (χ1n) is 17.2. The number of nitrogens with zero attached hydrogens (tertiary/aromatic N) is 2. The van der Waals surface area contributed by atoms with Crippen LogP contribution in [-0.4, -0.2) is 92.4 Å². The Labute approximate surface area is 273 Å². The predicted molar refractivity (Wildman–Crippen MR) is 178 cm³/mol. The lowest BCUT2D eigenvalue weighted by atomic mass is 9.89. The van der Waals surface area contributed by atoms with Gasteiger partial charge in [-0.2, -0.15) is 0 Å². The third kappa shape index (κ3) is 10.2. The lowest BCUT2D eigenvalue weighted by Crippen LogP contribution is -2.61. The fourth-order valence-electron chi connectivity index (χ4n) is 7.36. The van der Waals surface area contributed by atoms with Crippen LogP contribution < -0.4 is 16.0 Å². The lowest BCUT2D eigenvalue weighted by molar-refractivity contribution is -0.138. The Kier molecular flexibility index (Phi) is 11.8. The summed E-state index contributed by atoms with van der Waals surface area (Å²) in [5.41, 5.74) is 0.475. The number of unbranched alkanes of at least 4 members (excludes halogenated alkanes) is 2. The summed E-state index contributed by atoms with van der Waals surface area (Å²) in [6, 6.07) is 3.43. The van der Waals surface area contributed by atoms with Gasteiger partial charge in [0.25, 0.3) is 0 Å². The van der Waals surface area contributed by atoms with Gasteiger partial charge in [0.15, 0.2) is 0 Å². The monoisotopic (exact) mass is 663 g/mol. The van der Waals surface area contributed by atoms with Gasteiger partial charge >= 0.3 is 6.03 Å². The number of sulfone groups is 1. The van der Waals surface area contributed by atoms with Gasteiger partial charge < -0.3 is 25.8 Å². The average Bonchev–Trinajstić information content (AvgIpc) is 3.56. The third-order valence-electron chi connectivity index (χ3n) is 10.5. The van der Waals surface area contributed by atoms with E-state index in [0.717, 1.165) is 69.3 Å². The Morgan fingerprint density at radius 2 is 1.73 bits per heavy atom. The maximum atomic E-state index is 14.1. The highest BCUT2D eigenvalue weighted by Gasteiger charge is 2.46. The van der Waals surface area contributed by atoms with E-state index in [1.165, 1.54) is 25.5 Å². The second-order valence-corrected chi connectivity index (χ2v) is 17.3. The normalized spacial score (nSPS) is 24.3. The minimum atomic E-state index is -3.00. The van der Waals surface area contributed by atoms with Crippen molar-refractivity contribution in [3.8, 4) is 0 Å². The molecule has 12 heteroatoms. The number of piperidine rings is 2. The first kappa shape index (κ1) is 34.2. The fourth-order valence-corrected chi connectivity index (χ4v) is 8.73. The summed E-state index contributed by atoms with van der Waals surface area (Å²) in [4.78, 5) is 45.9. The average molecular weight is 664 g/mol. The molecule has 2 aliphatic heterocycles. The Bertz CT molecular complexity index is 1240. The first-order valence-corrected chi connectivity index (χ1v) is 20.1. The standard InChI is InChI=1S/C33H53N5O5S2/c1-45(42,43)22-7-3-6-12-29(35-25-9-4-2-5-10-25)31(40)38-18-13-28(27(24-38)30(39)34-23-26-11-8-21-44-26)36-32(41)37-19-16-33(14-15-33)17-20-37/h8,11,21,25,27-29,35H,2-7,9-10,12-20,22-24H2,1H3,(H,34,39)(H,36,41)/t27-,28+,29+/m0/s1. The van der Waals surface area contributed by atoms with Gasteiger partial charge in [0.1, 0.15) is 9.84 Å². The Hall–Kier alpha value is -2.18. The van der Waals surface area contributed by atoms with Gasteiger partial charge in [0, 0.05) is 55.1 Å². The molecule has 5 rings (SSSR count). The Morgan fingerprint density at radius 1 is 0.978 bits per heavy atom. The molecule has 1 aromatic heterocycles. The lowest BCUT2D eigenvalue weighted by Gasteiger charge is -2.41. The van der Waals surface area contributed by atoms with E-state index in [9.17, 15) is 22.8 Å². The van der Waals surface area contributed by atoms with E-state index in [1.807, 2.05) is 27.3 Å². The zero-order valence-electron chi connectivity index (χ0n) is 26.9. The molecule has 1 spiro atoms. The molecule has 2 saturated carbocycles. The van der Waals surface area contributed by atoms with Crippen LogP contribution in [0.25, 0.3) is 0 Å². The number of urea groups is 1. The highest BCUT2D eigenvalue weighted by Crippen LogP contribution is 2.53. The van der Waals surface area contributed by atoms with Crippen LogP contribution in [0.4, 0.5) is 4.79 Å². The number of carbonyl (C=O) groups excluding carboxylic acids is 3. The smallest absolute Gasteiger partial charge is 0.317 e. The van der Waals surface area contributed by atoms with Gasteiger partial charge in [-0.25, -0.2) is 13.2 Å². The number of hydrogen-bond donors (Lipinski definition) is 3. The van der Waals surface area contributed by atoms with E-state index in [4.69, 9.17) is 0 Å². The van der Waals surface area contributed by atoms with Crippen molar-refractivity contribution in [2.75, 3.05) is 38.2 Å². The largest absolute Gasteiger partial charge is 0.351 e. The van der Waals surface area contributed by atoms with Gasteiger partial charge in [-0.15, -0.1) is 11.3 Å². The second-order valence-electron chi connectivity index (χ2n) is 14.1. The SMILES string of the molecule is CS(=O)(=O)CCCCC[C@@H](NC1CCCCC1)C(=O)N1CC[C@@H](NC(=O)N2CCC3(CC2)CC3)[C@@H](C(=O)NCc2cccs2)C1. The molecule has 3 heterocycles. The van der Waals surface area contributed by atoms with Crippen LogP contribution in [0.5, 0.6) is 0 Å². The van der Waals surface area contributed by atoms with E-state index in [-0.39, 0.29) is 42.2 Å². The molecule has 0 aromatic carbocycles.